The van der Waals surface area contributed by atoms with Crippen molar-refractivity contribution >= 4 is 15.8 Å². The monoisotopic (exact) mass is 306 g/mol. The van der Waals surface area contributed by atoms with Crippen LogP contribution in [0.1, 0.15) is 18.6 Å². The molecule has 1 atom stereocenters. The number of allylic oxidation sites excluding steroid dienone is 2. The second kappa shape index (κ2) is 7.59. The van der Waals surface area contributed by atoms with Gasteiger partial charge in [0.1, 0.15) is 6.10 Å². The average Bonchev–Trinajstić information content (AvgIpc) is 2.45. The Morgan fingerprint density at radius 2 is 1.95 bits per heavy atom. The first-order valence-corrected chi connectivity index (χ1v) is 8.00. The van der Waals surface area contributed by atoms with Gasteiger partial charge in [0.2, 0.25) is 0 Å². The molecule has 1 unspecified atom stereocenters. The number of hydrogen-bond acceptors (Lipinski definition) is 4. The van der Waals surface area contributed by atoms with Gasteiger partial charge in [0.05, 0.1) is 5.75 Å². The van der Waals surface area contributed by atoms with E-state index in [1.807, 2.05) is 0 Å². The lowest BCUT2D eigenvalue weighted by Crippen LogP contribution is -2.19. The summed E-state index contributed by atoms with van der Waals surface area (Å²) < 4.78 is 29.2. The molecule has 0 saturated heterocycles. The van der Waals surface area contributed by atoms with Crippen molar-refractivity contribution in [3.05, 3.63) is 72.2 Å². The van der Waals surface area contributed by atoms with Crippen molar-refractivity contribution in [2.24, 2.45) is 0 Å². The zero-order valence-electron chi connectivity index (χ0n) is 11.9. The first kappa shape index (κ1) is 16.9. The summed E-state index contributed by atoms with van der Waals surface area (Å²) >= 11 is 0. The van der Waals surface area contributed by atoms with Crippen LogP contribution >= 0.6 is 0 Å². The van der Waals surface area contributed by atoms with Crippen LogP contribution in [-0.4, -0.2) is 20.1 Å². The van der Waals surface area contributed by atoms with E-state index >= 15 is 0 Å². The molecule has 1 aromatic carbocycles. The fourth-order valence-corrected chi connectivity index (χ4v) is 2.68. The molecule has 5 heteroatoms. The molecule has 0 radical (unpaired) electrons. The zero-order chi connectivity index (χ0) is 15.9. The summed E-state index contributed by atoms with van der Waals surface area (Å²) in [4.78, 5) is 11.7. The molecular weight excluding hydrogens is 288 g/mol. The smallest absolute Gasteiger partial charge is 0.333 e. The number of hydrogen-bond donors (Lipinski definition) is 0. The number of benzene rings is 1. The standard InChI is InChI=1S/C16H18O4S/c1-4-5-11-21(18,19)12-15(20-16(17)13(2)3)14-9-7-6-8-10-14/h4-11,15H,1-2,12H2,3H3/b11-5+. The van der Waals surface area contributed by atoms with Gasteiger partial charge in [-0.25, -0.2) is 13.2 Å². The van der Waals surface area contributed by atoms with Gasteiger partial charge in [-0.2, -0.15) is 0 Å². The van der Waals surface area contributed by atoms with Crippen LogP contribution in [0.3, 0.4) is 0 Å². The highest BCUT2D eigenvalue weighted by atomic mass is 32.2. The van der Waals surface area contributed by atoms with Crippen LogP contribution in [-0.2, 0) is 19.4 Å². The second-order valence-corrected chi connectivity index (χ2v) is 6.41. The van der Waals surface area contributed by atoms with E-state index in [0.717, 1.165) is 5.41 Å². The SMILES string of the molecule is C=C/C=C/S(=O)(=O)CC(OC(=O)C(=C)C)c1ccccc1. The Hall–Kier alpha value is -2.14. The molecular formula is C16H18O4S. The topological polar surface area (TPSA) is 60.4 Å². The first-order chi connectivity index (χ1) is 9.85. The Labute approximate surface area is 125 Å². The molecule has 0 aliphatic heterocycles. The van der Waals surface area contributed by atoms with E-state index in [2.05, 4.69) is 13.2 Å². The summed E-state index contributed by atoms with van der Waals surface area (Å²) in [5.41, 5.74) is 0.831. The fourth-order valence-electron chi connectivity index (χ4n) is 1.54. The molecule has 0 amide bonds. The van der Waals surface area contributed by atoms with Crippen LogP contribution in [0.2, 0.25) is 0 Å². The summed E-state index contributed by atoms with van der Waals surface area (Å²) in [7, 11) is -3.52. The van der Waals surface area contributed by atoms with Gasteiger partial charge in [0.15, 0.2) is 9.84 Å². The Morgan fingerprint density at radius 3 is 2.48 bits per heavy atom. The molecule has 0 N–H and O–H groups in total. The molecule has 0 aliphatic carbocycles. The van der Waals surface area contributed by atoms with Gasteiger partial charge in [-0.3, -0.25) is 0 Å². The van der Waals surface area contributed by atoms with Gasteiger partial charge in [0, 0.05) is 11.0 Å². The third-order valence-electron chi connectivity index (χ3n) is 2.57. The number of carbonyl (C=O) groups is 1. The molecule has 1 aromatic rings. The van der Waals surface area contributed by atoms with E-state index in [9.17, 15) is 13.2 Å². The van der Waals surface area contributed by atoms with Crippen molar-refractivity contribution < 1.29 is 17.9 Å². The van der Waals surface area contributed by atoms with Crippen molar-refractivity contribution in [1.82, 2.24) is 0 Å². The fraction of sp³-hybridized carbons (Fsp3) is 0.188. The van der Waals surface area contributed by atoms with Crippen LogP contribution in [0.4, 0.5) is 0 Å². The number of sulfone groups is 1. The van der Waals surface area contributed by atoms with Crippen molar-refractivity contribution in [1.29, 1.82) is 0 Å². The number of ether oxygens (including phenoxy) is 1. The normalized spacial score (nSPS) is 12.8. The largest absolute Gasteiger partial charge is 0.453 e. The average molecular weight is 306 g/mol. The number of carbonyl (C=O) groups excluding carboxylic acids is 1. The first-order valence-electron chi connectivity index (χ1n) is 6.29. The summed E-state index contributed by atoms with van der Waals surface area (Å²) in [5, 5.41) is 1.05. The predicted octanol–water partition coefficient (Wildman–Crippen LogP) is 2.96. The van der Waals surface area contributed by atoms with Gasteiger partial charge in [-0.15, -0.1) is 0 Å². The highest BCUT2D eigenvalue weighted by Gasteiger charge is 2.23. The minimum absolute atomic E-state index is 0.218. The van der Waals surface area contributed by atoms with E-state index in [1.54, 1.807) is 30.3 Å². The van der Waals surface area contributed by atoms with Crippen LogP contribution in [0.15, 0.2) is 66.6 Å². The Balaban J connectivity index is 3.03. The number of rotatable bonds is 7. The van der Waals surface area contributed by atoms with Gasteiger partial charge in [-0.05, 0) is 12.5 Å². The summed E-state index contributed by atoms with van der Waals surface area (Å²) in [6, 6.07) is 8.73. The maximum atomic E-state index is 12.0. The van der Waals surface area contributed by atoms with E-state index in [0.29, 0.717) is 5.56 Å². The predicted molar refractivity (Wildman–Crippen MR) is 83.2 cm³/mol. The highest BCUT2D eigenvalue weighted by Crippen LogP contribution is 2.21. The molecule has 0 saturated carbocycles. The molecule has 0 fully saturated rings. The lowest BCUT2D eigenvalue weighted by molar-refractivity contribution is -0.143. The highest BCUT2D eigenvalue weighted by molar-refractivity contribution is 7.94. The van der Waals surface area contributed by atoms with Gasteiger partial charge in [-0.1, -0.05) is 55.6 Å². The quantitative estimate of drug-likeness (QED) is 0.441. The lowest BCUT2D eigenvalue weighted by atomic mass is 10.1. The van der Waals surface area contributed by atoms with E-state index < -0.39 is 21.9 Å². The van der Waals surface area contributed by atoms with Crippen LogP contribution in [0, 0.1) is 0 Å². The van der Waals surface area contributed by atoms with Crippen LogP contribution in [0.25, 0.3) is 0 Å². The minimum atomic E-state index is -3.52. The molecule has 112 valence electrons. The third kappa shape index (κ3) is 5.79. The van der Waals surface area contributed by atoms with Crippen LogP contribution < -0.4 is 0 Å². The van der Waals surface area contributed by atoms with Crippen molar-refractivity contribution in [2.75, 3.05) is 5.75 Å². The molecule has 21 heavy (non-hydrogen) atoms. The van der Waals surface area contributed by atoms with E-state index in [1.165, 1.54) is 19.1 Å². The van der Waals surface area contributed by atoms with Crippen molar-refractivity contribution in [3.63, 3.8) is 0 Å². The van der Waals surface area contributed by atoms with E-state index in [4.69, 9.17) is 4.74 Å². The molecule has 0 bridgehead atoms. The maximum absolute atomic E-state index is 12.0. The molecule has 0 aromatic heterocycles. The van der Waals surface area contributed by atoms with Crippen molar-refractivity contribution in [2.45, 2.75) is 13.0 Å². The molecule has 4 nitrogen and oxygen atoms in total. The van der Waals surface area contributed by atoms with E-state index in [-0.39, 0.29) is 11.3 Å². The van der Waals surface area contributed by atoms with Gasteiger partial charge in [0.25, 0.3) is 0 Å². The molecule has 0 heterocycles. The summed E-state index contributed by atoms with van der Waals surface area (Å²) in [6.07, 6.45) is 1.82. The summed E-state index contributed by atoms with van der Waals surface area (Å²) in [6.45, 7) is 8.43. The molecule has 0 spiro atoms. The van der Waals surface area contributed by atoms with Crippen LogP contribution in [0.5, 0.6) is 0 Å². The zero-order valence-corrected chi connectivity index (χ0v) is 12.7. The Kier molecular flexibility index (Phi) is 6.11. The third-order valence-corrected chi connectivity index (χ3v) is 3.91. The minimum Gasteiger partial charge on any atom is -0.453 e. The Bertz CT molecular complexity index is 642. The molecule has 1 rings (SSSR count). The van der Waals surface area contributed by atoms with Crippen molar-refractivity contribution in [3.8, 4) is 0 Å². The van der Waals surface area contributed by atoms with Gasteiger partial charge >= 0.3 is 5.97 Å². The number of esters is 1. The second-order valence-electron chi connectivity index (χ2n) is 4.48. The lowest BCUT2D eigenvalue weighted by Gasteiger charge is -2.17. The molecule has 0 aliphatic rings. The maximum Gasteiger partial charge on any atom is 0.333 e. The van der Waals surface area contributed by atoms with Gasteiger partial charge < -0.3 is 4.74 Å². The Morgan fingerprint density at radius 1 is 1.33 bits per heavy atom. The summed E-state index contributed by atoms with van der Waals surface area (Å²) in [5.74, 6) is -0.952.